The number of carbonyl (C=O) groups is 1. The van der Waals surface area contributed by atoms with Gasteiger partial charge in [0.1, 0.15) is 17.6 Å². The molecule has 0 radical (unpaired) electrons. The Morgan fingerprint density at radius 2 is 2.10 bits per heavy atom. The van der Waals surface area contributed by atoms with Crippen LogP contribution in [0.4, 0.5) is 17.5 Å². The number of rotatable bonds is 8. The number of benzene rings is 1. The SMILES string of the molecule is Cc1cnc(Nc2cc(C)n(C)n2)nc1-c1c[nH]c2c(NC(=O)CN3CCC(Oc4cc(Cl)ncn4)C3)cccc12. The Hall–Kier alpha value is -4.55. The van der Waals surface area contributed by atoms with Crippen molar-refractivity contribution in [2.75, 3.05) is 30.3 Å². The number of halogens is 1. The highest BCUT2D eigenvalue weighted by atomic mass is 35.5. The molecule has 41 heavy (non-hydrogen) atoms. The Labute approximate surface area is 241 Å². The molecule has 0 bridgehead atoms. The van der Waals surface area contributed by atoms with E-state index in [4.69, 9.17) is 21.3 Å². The third-order valence-corrected chi connectivity index (χ3v) is 7.27. The number of aromatic nitrogens is 7. The van der Waals surface area contributed by atoms with Crippen LogP contribution in [0.5, 0.6) is 5.88 Å². The van der Waals surface area contributed by atoms with E-state index < -0.39 is 0 Å². The van der Waals surface area contributed by atoms with Crippen molar-refractivity contribution in [2.45, 2.75) is 26.4 Å². The zero-order valence-electron chi connectivity index (χ0n) is 22.8. The number of anilines is 3. The van der Waals surface area contributed by atoms with Gasteiger partial charge in [0.25, 0.3) is 0 Å². The van der Waals surface area contributed by atoms with Crippen LogP contribution >= 0.6 is 11.6 Å². The van der Waals surface area contributed by atoms with Crippen molar-refractivity contribution in [3.8, 4) is 17.1 Å². The number of nitrogens with one attached hydrogen (secondary N) is 3. The summed E-state index contributed by atoms with van der Waals surface area (Å²) in [6, 6.07) is 9.35. The Morgan fingerprint density at radius 1 is 1.22 bits per heavy atom. The van der Waals surface area contributed by atoms with Crippen LogP contribution in [0.1, 0.15) is 17.7 Å². The molecule has 13 heteroatoms. The van der Waals surface area contributed by atoms with Gasteiger partial charge in [-0.05, 0) is 31.9 Å². The number of hydrogen-bond donors (Lipinski definition) is 3. The number of para-hydroxylation sites is 1. The molecule has 1 amide bonds. The van der Waals surface area contributed by atoms with E-state index >= 15 is 0 Å². The molecule has 6 rings (SSSR count). The van der Waals surface area contributed by atoms with E-state index in [1.54, 1.807) is 16.9 Å². The van der Waals surface area contributed by atoms with Crippen molar-refractivity contribution in [2.24, 2.45) is 7.05 Å². The molecule has 0 saturated carbocycles. The van der Waals surface area contributed by atoms with Gasteiger partial charge in [-0.1, -0.05) is 23.7 Å². The first-order valence-electron chi connectivity index (χ1n) is 13.2. The molecule has 1 saturated heterocycles. The first-order valence-corrected chi connectivity index (χ1v) is 13.6. The summed E-state index contributed by atoms with van der Waals surface area (Å²) in [5.41, 5.74) is 5.19. The molecule has 5 heterocycles. The second-order valence-electron chi connectivity index (χ2n) is 10.1. The van der Waals surface area contributed by atoms with Crippen LogP contribution in [0.3, 0.4) is 0 Å². The molecule has 5 aromatic rings. The Bertz CT molecular complexity index is 1710. The van der Waals surface area contributed by atoms with Gasteiger partial charge >= 0.3 is 0 Å². The molecule has 4 aromatic heterocycles. The molecule has 1 unspecified atom stereocenters. The van der Waals surface area contributed by atoms with Gasteiger partial charge in [0.05, 0.1) is 23.4 Å². The maximum absolute atomic E-state index is 13.0. The molecule has 210 valence electrons. The quantitative estimate of drug-likeness (QED) is 0.233. The topological polar surface area (TPSA) is 139 Å². The fraction of sp³-hybridized carbons (Fsp3) is 0.286. The monoisotopic (exact) mass is 572 g/mol. The molecule has 12 nitrogen and oxygen atoms in total. The standard InChI is InChI=1S/C28H29ClN10O2/c1-16-11-31-28(35-23-9-17(2)38(3)37-23)36-26(16)20-12-30-27-19(20)5-4-6-21(27)34-24(40)14-39-8-7-18(13-39)41-25-10-22(29)32-15-33-25/h4-6,9-12,15,18,30H,7-8,13-14H2,1-3H3,(H,34,40)(H,31,35,36,37). The minimum absolute atomic E-state index is 0.0691. The third kappa shape index (κ3) is 5.83. The molecule has 3 N–H and O–H groups in total. The number of ether oxygens (including phenoxy) is 1. The first-order chi connectivity index (χ1) is 19.8. The average molecular weight is 573 g/mol. The van der Waals surface area contributed by atoms with Gasteiger partial charge in [0.2, 0.25) is 17.7 Å². The molecule has 1 aliphatic rings. The largest absolute Gasteiger partial charge is 0.473 e. The van der Waals surface area contributed by atoms with Crippen LogP contribution in [0.2, 0.25) is 5.15 Å². The average Bonchev–Trinajstić information content (AvgIpc) is 3.64. The van der Waals surface area contributed by atoms with E-state index in [1.165, 1.54) is 6.33 Å². The molecular weight excluding hydrogens is 544 g/mol. The maximum atomic E-state index is 13.0. The highest BCUT2D eigenvalue weighted by Crippen LogP contribution is 2.33. The van der Waals surface area contributed by atoms with Gasteiger partial charge in [-0.2, -0.15) is 5.10 Å². The molecule has 0 spiro atoms. The van der Waals surface area contributed by atoms with Crippen molar-refractivity contribution in [1.82, 2.24) is 39.6 Å². The second-order valence-corrected chi connectivity index (χ2v) is 10.5. The molecule has 1 fully saturated rings. The fourth-order valence-corrected chi connectivity index (χ4v) is 5.08. The summed E-state index contributed by atoms with van der Waals surface area (Å²) in [6.07, 6.45) is 5.79. The number of H-pyrrole nitrogens is 1. The number of carbonyl (C=O) groups excluding carboxylic acids is 1. The lowest BCUT2D eigenvalue weighted by molar-refractivity contribution is -0.117. The highest BCUT2D eigenvalue weighted by Gasteiger charge is 2.26. The van der Waals surface area contributed by atoms with E-state index in [9.17, 15) is 4.79 Å². The van der Waals surface area contributed by atoms with Crippen molar-refractivity contribution < 1.29 is 9.53 Å². The van der Waals surface area contributed by atoms with Crippen LogP contribution in [-0.2, 0) is 11.8 Å². The number of fused-ring (bicyclic) bond motifs is 1. The van der Waals surface area contributed by atoms with Gasteiger partial charge in [-0.15, -0.1) is 0 Å². The summed E-state index contributed by atoms with van der Waals surface area (Å²) in [5.74, 6) is 1.47. The third-order valence-electron chi connectivity index (χ3n) is 7.06. The smallest absolute Gasteiger partial charge is 0.238 e. The van der Waals surface area contributed by atoms with E-state index in [-0.39, 0.29) is 18.6 Å². The van der Waals surface area contributed by atoms with Crippen molar-refractivity contribution in [3.63, 3.8) is 0 Å². The predicted molar refractivity (Wildman–Crippen MR) is 156 cm³/mol. The molecule has 1 aliphatic heterocycles. The van der Waals surface area contributed by atoms with Crippen LogP contribution < -0.4 is 15.4 Å². The Kier molecular flexibility index (Phi) is 7.25. The van der Waals surface area contributed by atoms with Gasteiger partial charge < -0.3 is 20.4 Å². The number of amides is 1. The normalized spacial score (nSPS) is 15.4. The zero-order valence-corrected chi connectivity index (χ0v) is 23.6. The van der Waals surface area contributed by atoms with E-state index in [0.29, 0.717) is 35.0 Å². The van der Waals surface area contributed by atoms with E-state index in [2.05, 4.69) is 40.6 Å². The molecule has 1 aromatic carbocycles. The second kappa shape index (κ2) is 11.1. The minimum Gasteiger partial charge on any atom is -0.473 e. The van der Waals surface area contributed by atoms with Gasteiger partial charge in [-0.3, -0.25) is 14.4 Å². The zero-order chi connectivity index (χ0) is 28.5. The molecule has 0 aliphatic carbocycles. The summed E-state index contributed by atoms with van der Waals surface area (Å²) < 4.78 is 7.70. The Balaban J connectivity index is 1.14. The fourth-order valence-electron chi connectivity index (χ4n) is 4.95. The summed E-state index contributed by atoms with van der Waals surface area (Å²) in [7, 11) is 1.89. The lowest BCUT2D eigenvalue weighted by Crippen LogP contribution is -2.33. The number of aryl methyl sites for hydroxylation is 3. The lowest BCUT2D eigenvalue weighted by atomic mass is 10.1. The summed E-state index contributed by atoms with van der Waals surface area (Å²) in [4.78, 5) is 35.6. The summed E-state index contributed by atoms with van der Waals surface area (Å²) in [5, 5.41) is 12.0. The van der Waals surface area contributed by atoms with Gasteiger partial charge in [0.15, 0.2) is 5.82 Å². The summed E-state index contributed by atoms with van der Waals surface area (Å²) >= 11 is 5.92. The van der Waals surface area contributed by atoms with Crippen LogP contribution in [0.15, 0.2) is 49.1 Å². The molecular formula is C28H29ClN10O2. The number of aromatic amines is 1. The number of hydrogen-bond acceptors (Lipinski definition) is 9. The first kappa shape index (κ1) is 26.7. The van der Waals surface area contributed by atoms with Crippen LogP contribution in [-0.4, -0.2) is 71.2 Å². The van der Waals surface area contributed by atoms with Crippen molar-refractivity contribution in [3.05, 3.63) is 65.5 Å². The molecule has 1 atom stereocenters. The predicted octanol–water partition coefficient (Wildman–Crippen LogP) is 4.25. The number of likely N-dealkylation sites (tertiary alicyclic amines) is 1. The van der Waals surface area contributed by atoms with Crippen molar-refractivity contribution >= 4 is 45.9 Å². The van der Waals surface area contributed by atoms with E-state index in [0.717, 1.165) is 46.4 Å². The van der Waals surface area contributed by atoms with E-state index in [1.807, 2.05) is 51.4 Å². The summed E-state index contributed by atoms with van der Waals surface area (Å²) in [6.45, 7) is 5.57. The van der Waals surface area contributed by atoms with Gasteiger partial charge in [0, 0.05) is 61.3 Å². The van der Waals surface area contributed by atoms with Crippen LogP contribution in [0.25, 0.3) is 22.2 Å². The van der Waals surface area contributed by atoms with Gasteiger partial charge in [-0.25, -0.2) is 19.9 Å². The van der Waals surface area contributed by atoms with Crippen LogP contribution in [0, 0.1) is 13.8 Å². The van der Waals surface area contributed by atoms with Crippen molar-refractivity contribution in [1.29, 1.82) is 0 Å². The lowest BCUT2D eigenvalue weighted by Gasteiger charge is -2.16. The highest BCUT2D eigenvalue weighted by molar-refractivity contribution is 6.29. The number of nitrogens with zero attached hydrogens (tertiary/aromatic N) is 7. The maximum Gasteiger partial charge on any atom is 0.238 e. The minimum atomic E-state index is -0.102. The Morgan fingerprint density at radius 3 is 2.90 bits per heavy atom.